The van der Waals surface area contributed by atoms with Gasteiger partial charge in [0.15, 0.2) is 0 Å². The molecule has 0 spiro atoms. The van der Waals surface area contributed by atoms with Crippen LogP contribution in [0.25, 0.3) is 0 Å². The van der Waals surface area contributed by atoms with Crippen molar-refractivity contribution >= 4 is 17.8 Å². The van der Waals surface area contributed by atoms with Crippen LogP contribution in [0.3, 0.4) is 0 Å². The SMILES string of the molecule is CCNC(=O)CCCCCCCCCCCCCC(=O)NCC(=O)O. The smallest absolute Gasteiger partial charge is 0.322 e. The quantitative estimate of drug-likeness (QED) is 0.348. The molecule has 0 aliphatic heterocycles. The Hall–Kier alpha value is -1.59. The maximum atomic E-state index is 11.3. The normalized spacial score (nSPS) is 10.4. The van der Waals surface area contributed by atoms with E-state index in [0.717, 1.165) is 38.6 Å². The highest BCUT2D eigenvalue weighted by atomic mass is 16.4. The Morgan fingerprint density at radius 2 is 1.00 bits per heavy atom. The van der Waals surface area contributed by atoms with Crippen LogP contribution in [-0.2, 0) is 14.4 Å². The summed E-state index contributed by atoms with van der Waals surface area (Å²) >= 11 is 0. The molecule has 3 N–H and O–H groups in total. The van der Waals surface area contributed by atoms with Crippen LogP contribution in [-0.4, -0.2) is 36.0 Å². The zero-order valence-electron chi connectivity index (χ0n) is 15.8. The number of carboxylic acids is 1. The van der Waals surface area contributed by atoms with E-state index in [0.29, 0.717) is 12.8 Å². The molecule has 0 rings (SSSR count). The first-order valence-corrected chi connectivity index (χ1v) is 9.81. The molecule has 0 aliphatic carbocycles. The molecule has 6 heteroatoms. The lowest BCUT2D eigenvalue weighted by Crippen LogP contribution is -2.28. The lowest BCUT2D eigenvalue weighted by atomic mass is 10.0. The number of amides is 2. The van der Waals surface area contributed by atoms with Crippen LogP contribution in [0.1, 0.15) is 90.4 Å². The van der Waals surface area contributed by atoms with E-state index in [-0.39, 0.29) is 18.4 Å². The Morgan fingerprint density at radius 3 is 1.36 bits per heavy atom. The maximum absolute atomic E-state index is 11.3. The number of rotatable bonds is 17. The van der Waals surface area contributed by atoms with Crippen LogP contribution in [0, 0.1) is 0 Å². The number of unbranched alkanes of at least 4 members (excludes halogenated alkanes) is 10. The van der Waals surface area contributed by atoms with Crippen LogP contribution >= 0.6 is 0 Å². The third-order valence-corrected chi connectivity index (χ3v) is 4.12. The Morgan fingerprint density at radius 1 is 0.640 bits per heavy atom. The van der Waals surface area contributed by atoms with Crippen molar-refractivity contribution in [2.75, 3.05) is 13.1 Å². The summed E-state index contributed by atoms with van der Waals surface area (Å²) in [6.07, 6.45) is 13.6. The summed E-state index contributed by atoms with van der Waals surface area (Å²) in [4.78, 5) is 32.9. The van der Waals surface area contributed by atoms with Crippen molar-refractivity contribution in [3.05, 3.63) is 0 Å². The molecule has 2 amide bonds. The molecule has 0 unspecified atom stereocenters. The predicted molar refractivity (Wildman–Crippen MR) is 99.4 cm³/mol. The van der Waals surface area contributed by atoms with Crippen LogP contribution in [0.5, 0.6) is 0 Å². The first-order valence-electron chi connectivity index (χ1n) is 9.81. The molecule has 0 heterocycles. The fraction of sp³-hybridized carbons (Fsp3) is 0.842. The number of carbonyl (C=O) groups excluding carboxylic acids is 2. The molecule has 146 valence electrons. The molecule has 0 saturated heterocycles. The lowest BCUT2D eigenvalue weighted by molar-refractivity contribution is -0.138. The van der Waals surface area contributed by atoms with Gasteiger partial charge in [-0.2, -0.15) is 0 Å². The highest BCUT2D eigenvalue weighted by Gasteiger charge is 2.03. The molecule has 0 radical (unpaired) electrons. The third kappa shape index (κ3) is 18.6. The molecule has 6 nitrogen and oxygen atoms in total. The average molecular weight is 357 g/mol. The summed E-state index contributed by atoms with van der Waals surface area (Å²) in [6.45, 7) is 2.37. The van der Waals surface area contributed by atoms with Crippen molar-refractivity contribution in [1.82, 2.24) is 10.6 Å². The topological polar surface area (TPSA) is 95.5 Å². The summed E-state index contributed by atoms with van der Waals surface area (Å²) in [6, 6.07) is 0. The summed E-state index contributed by atoms with van der Waals surface area (Å²) in [5, 5.41) is 13.6. The molecule has 0 bridgehead atoms. The minimum Gasteiger partial charge on any atom is -0.480 e. The molecule has 0 aromatic heterocycles. The molecular formula is C19H36N2O4. The average Bonchev–Trinajstić information content (AvgIpc) is 2.57. The molecule has 0 aromatic carbocycles. The van der Waals surface area contributed by atoms with E-state index in [4.69, 9.17) is 5.11 Å². The van der Waals surface area contributed by atoms with E-state index in [1.165, 1.54) is 38.5 Å². The monoisotopic (exact) mass is 356 g/mol. The van der Waals surface area contributed by atoms with Gasteiger partial charge in [0, 0.05) is 19.4 Å². The Labute approximate surface area is 152 Å². The van der Waals surface area contributed by atoms with Crippen LogP contribution < -0.4 is 10.6 Å². The van der Waals surface area contributed by atoms with Gasteiger partial charge in [0.25, 0.3) is 0 Å². The minimum atomic E-state index is -1.00. The number of hydrogen-bond acceptors (Lipinski definition) is 3. The van der Waals surface area contributed by atoms with Crippen LogP contribution in [0.2, 0.25) is 0 Å². The summed E-state index contributed by atoms with van der Waals surface area (Å²) in [5.41, 5.74) is 0. The van der Waals surface area contributed by atoms with Crippen LogP contribution in [0.4, 0.5) is 0 Å². The van der Waals surface area contributed by atoms with Crippen molar-refractivity contribution in [3.8, 4) is 0 Å². The number of carboxylic acid groups (broad SMARTS) is 1. The Balaban J connectivity index is 3.17. The first kappa shape index (κ1) is 23.4. The molecule has 0 aliphatic rings. The van der Waals surface area contributed by atoms with E-state index in [9.17, 15) is 14.4 Å². The van der Waals surface area contributed by atoms with Gasteiger partial charge in [-0.15, -0.1) is 0 Å². The highest BCUT2D eigenvalue weighted by Crippen LogP contribution is 2.12. The van der Waals surface area contributed by atoms with E-state index in [2.05, 4.69) is 10.6 Å². The lowest BCUT2D eigenvalue weighted by Gasteiger charge is -2.04. The zero-order valence-corrected chi connectivity index (χ0v) is 15.8. The minimum absolute atomic E-state index is 0.168. The van der Waals surface area contributed by atoms with Gasteiger partial charge in [-0.05, 0) is 19.8 Å². The maximum Gasteiger partial charge on any atom is 0.322 e. The van der Waals surface area contributed by atoms with Gasteiger partial charge in [-0.25, -0.2) is 0 Å². The standard InChI is InChI=1S/C19H36N2O4/c1-2-20-17(22)14-12-10-8-6-4-3-5-7-9-11-13-15-18(23)21-16-19(24)25/h2-16H2,1H3,(H,20,22)(H,21,23)(H,24,25). The van der Waals surface area contributed by atoms with Gasteiger partial charge in [-0.1, -0.05) is 57.8 Å². The highest BCUT2D eigenvalue weighted by molar-refractivity contribution is 5.80. The van der Waals surface area contributed by atoms with Crippen molar-refractivity contribution in [2.45, 2.75) is 90.4 Å². The fourth-order valence-electron chi connectivity index (χ4n) is 2.71. The van der Waals surface area contributed by atoms with Gasteiger partial charge in [0.05, 0.1) is 0 Å². The fourth-order valence-corrected chi connectivity index (χ4v) is 2.71. The Bertz CT molecular complexity index is 372. The largest absolute Gasteiger partial charge is 0.480 e. The Kier molecular flexibility index (Phi) is 16.1. The second-order valence-corrected chi connectivity index (χ2v) is 6.51. The van der Waals surface area contributed by atoms with E-state index in [1.807, 2.05) is 6.92 Å². The predicted octanol–water partition coefficient (Wildman–Crippen LogP) is 3.39. The molecule has 25 heavy (non-hydrogen) atoms. The third-order valence-electron chi connectivity index (χ3n) is 4.12. The molecular weight excluding hydrogens is 320 g/mol. The van der Waals surface area contributed by atoms with Gasteiger partial charge >= 0.3 is 5.97 Å². The van der Waals surface area contributed by atoms with Crippen molar-refractivity contribution in [1.29, 1.82) is 0 Å². The van der Waals surface area contributed by atoms with Gasteiger partial charge in [0.1, 0.15) is 6.54 Å². The van der Waals surface area contributed by atoms with Gasteiger partial charge < -0.3 is 15.7 Å². The van der Waals surface area contributed by atoms with E-state index in [1.54, 1.807) is 0 Å². The number of aliphatic carboxylic acids is 1. The number of hydrogen-bond donors (Lipinski definition) is 3. The van der Waals surface area contributed by atoms with Gasteiger partial charge in [0.2, 0.25) is 11.8 Å². The summed E-state index contributed by atoms with van der Waals surface area (Å²) < 4.78 is 0. The second-order valence-electron chi connectivity index (χ2n) is 6.51. The van der Waals surface area contributed by atoms with Crippen LogP contribution in [0.15, 0.2) is 0 Å². The van der Waals surface area contributed by atoms with E-state index < -0.39 is 5.97 Å². The summed E-state index contributed by atoms with van der Waals surface area (Å²) in [5.74, 6) is -1.01. The second kappa shape index (κ2) is 17.2. The van der Waals surface area contributed by atoms with E-state index >= 15 is 0 Å². The van der Waals surface area contributed by atoms with Gasteiger partial charge in [-0.3, -0.25) is 14.4 Å². The number of nitrogens with one attached hydrogen (secondary N) is 2. The summed E-state index contributed by atoms with van der Waals surface area (Å²) in [7, 11) is 0. The first-order chi connectivity index (χ1) is 12.1. The van der Waals surface area contributed by atoms with Crippen molar-refractivity contribution in [2.24, 2.45) is 0 Å². The van der Waals surface area contributed by atoms with Crippen molar-refractivity contribution < 1.29 is 19.5 Å². The molecule has 0 atom stereocenters. The molecule has 0 aromatic rings. The molecule has 0 fully saturated rings. The molecule has 0 saturated carbocycles. The number of carbonyl (C=O) groups is 3. The zero-order chi connectivity index (χ0) is 18.8. The van der Waals surface area contributed by atoms with Crippen molar-refractivity contribution in [3.63, 3.8) is 0 Å².